The van der Waals surface area contributed by atoms with Gasteiger partial charge < -0.3 is 8.85 Å². The Bertz CT molecular complexity index is 2050. The van der Waals surface area contributed by atoms with E-state index in [1.807, 2.05) is 35.7 Å². The molecule has 0 N–H and O–H groups in total. The molecule has 0 saturated carbocycles. The van der Waals surface area contributed by atoms with Crippen molar-refractivity contribution >= 4 is 58.9 Å². The molecule has 0 aliphatic carbocycles. The molecule has 0 heterocycles. The lowest BCUT2D eigenvalue weighted by molar-refractivity contribution is 0.577. The summed E-state index contributed by atoms with van der Waals surface area (Å²) in [5.74, 6) is 1.65. The van der Waals surface area contributed by atoms with Crippen LogP contribution in [0.4, 0.5) is 0 Å². The van der Waals surface area contributed by atoms with Gasteiger partial charge in [-0.3, -0.25) is 0 Å². The van der Waals surface area contributed by atoms with Crippen LogP contribution < -0.4 is 29.6 Å². The van der Waals surface area contributed by atoms with Gasteiger partial charge >= 0.3 is 16.6 Å². The van der Waals surface area contributed by atoms with E-state index in [1.54, 1.807) is 0 Å². The Hall–Kier alpha value is -5.43. The van der Waals surface area contributed by atoms with Crippen molar-refractivity contribution in [1.29, 1.82) is 0 Å². The molecule has 0 fully saturated rings. The van der Waals surface area contributed by atoms with E-state index in [-0.39, 0.29) is 0 Å². The van der Waals surface area contributed by atoms with Crippen LogP contribution in [0.15, 0.2) is 194 Å². The maximum absolute atomic E-state index is 7.21. The number of hydrogen-bond donors (Lipinski definition) is 0. The molecule has 222 valence electrons. The quantitative estimate of drug-likeness (QED) is 0.114. The highest BCUT2D eigenvalue weighted by atomic mass is 28.4. The normalized spacial score (nSPS) is 11.7. The zero-order valence-electron chi connectivity index (χ0n) is 25.6. The SMILES string of the molecule is C=C[Si](Oc1ccc2cc3cccc(O[Si](C=C)(c4ccccc4)c4ccccc4)c3cc2c1)(c1ccccc1)c1ccccc1. The molecule has 7 aromatic carbocycles. The molecule has 0 aliphatic heterocycles. The first-order valence-electron chi connectivity index (χ1n) is 15.5. The topological polar surface area (TPSA) is 18.5 Å². The third-order valence-corrected chi connectivity index (χ3v) is 15.7. The average Bonchev–Trinajstić information content (AvgIpc) is 3.13. The zero-order valence-corrected chi connectivity index (χ0v) is 27.6. The van der Waals surface area contributed by atoms with Crippen LogP contribution in [0.3, 0.4) is 0 Å². The molecule has 0 saturated heterocycles. The first-order valence-corrected chi connectivity index (χ1v) is 19.5. The Morgan fingerprint density at radius 1 is 0.391 bits per heavy atom. The van der Waals surface area contributed by atoms with Crippen molar-refractivity contribution in [1.82, 2.24) is 0 Å². The second-order valence-electron chi connectivity index (χ2n) is 11.4. The monoisotopic (exact) mass is 626 g/mol. The molecule has 0 bridgehead atoms. The molecule has 4 heteroatoms. The summed E-state index contributed by atoms with van der Waals surface area (Å²) in [6, 6.07) is 59.0. The molecule has 7 rings (SSSR count). The van der Waals surface area contributed by atoms with Gasteiger partial charge in [0, 0.05) is 5.39 Å². The highest BCUT2D eigenvalue weighted by molar-refractivity contribution is 7.02. The maximum Gasteiger partial charge on any atom is 0.339 e. The van der Waals surface area contributed by atoms with Crippen molar-refractivity contribution in [3.63, 3.8) is 0 Å². The Morgan fingerprint density at radius 2 is 0.870 bits per heavy atom. The molecular formula is C42H34O2Si2. The summed E-state index contributed by atoms with van der Waals surface area (Å²) in [4.78, 5) is 0. The van der Waals surface area contributed by atoms with E-state index in [2.05, 4.69) is 159 Å². The van der Waals surface area contributed by atoms with Gasteiger partial charge in [0.2, 0.25) is 0 Å². The van der Waals surface area contributed by atoms with E-state index in [0.717, 1.165) is 53.8 Å². The second kappa shape index (κ2) is 12.5. The Balaban J connectivity index is 1.35. The lowest BCUT2D eigenvalue weighted by atomic mass is 10.0. The standard InChI is InChI=1S/C42H34O2Si2/c1-3-45(37-19-9-5-10-20-37,38-21-11-6-12-22-38)43-36-29-28-33-30-34-18-17-27-42(41(34)32-35(33)31-36)44-46(4-2,39-23-13-7-14-24-39)40-25-15-8-16-26-40/h3-32H,1-2H2. The van der Waals surface area contributed by atoms with Crippen molar-refractivity contribution in [2.24, 2.45) is 0 Å². The van der Waals surface area contributed by atoms with Crippen LogP contribution in [0.1, 0.15) is 0 Å². The molecule has 0 aromatic heterocycles. The molecule has 0 radical (unpaired) electrons. The van der Waals surface area contributed by atoms with Crippen LogP contribution in [0.2, 0.25) is 0 Å². The fourth-order valence-corrected chi connectivity index (χ4v) is 12.4. The fraction of sp³-hybridized carbons (Fsp3) is 0. The van der Waals surface area contributed by atoms with E-state index in [9.17, 15) is 0 Å². The number of hydrogen-bond acceptors (Lipinski definition) is 2. The van der Waals surface area contributed by atoms with Gasteiger partial charge in [-0.1, -0.05) is 151 Å². The lowest BCUT2D eigenvalue weighted by Crippen LogP contribution is -2.62. The fourth-order valence-electron chi connectivity index (χ4n) is 6.35. The third kappa shape index (κ3) is 5.28. The average molecular weight is 627 g/mol. The molecule has 0 spiro atoms. The minimum atomic E-state index is -2.84. The Morgan fingerprint density at radius 3 is 1.35 bits per heavy atom. The minimum absolute atomic E-state index is 0.813. The second-order valence-corrected chi connectivity index (χ2v) is 17.9. The summed E-state index contributed by atoms with van der Waals surface area (Å²) in [5.41, 5.74) is 4.07. The Kier molecular flexibility index (Phi) is 7.97. The van der Waals surface area contributed by atoms with E-state index < -0.39 is 16.6 Å². The van der Waals surface area contributed by atoms with Gasteiger partial charge in [0.25, 0.3) is 0 Å². The van der Waals surface area contributed by atoms with E-state index >= 15 is 0 Å². The molecular weight excluding hydrogens is 593 g/mol. The summed E-state index contributed by atoms with van der Waals surface area (Å²) in [6.45, 7) is 8.64. The summed E-state index contributed by atoms with van der Waals surface area (Å²) in [6.07, 6.45) is 0. The number of rotatable bonds is 10. The van der Waals surface area contributed by atoms with Gasteiger partial charge in [0.1, 0.15) is 11.5 Å². The van der Waals surface area contributed by atoms with Crippen molar-refractivity contribution in [2.45, 2.75) is 0 Å². The molecule has 0 unspecified atom stereocenters. The van der Waals surface area contributed by atoms with E-state index in [1.165, 1.54) is 0 Å². The zero-order chi connectivity index (χ0) is 31.4. The summed E-state index contributed by atoms with van der Waals surface area (Å²) in [5, 5.41) is 9.00. The highest BCUT2D eigenvalue weighted by Crippen LogP contribution is 2.33. The van der Waals surface area contributed by atoms with Crippen LogP contribution in [-0.2, 0) is 0 Å². The van der Waals surface area contributed by atoms with Crippen molar-refractivity contribution < 1.29 is 8.85 Å². The van der Waals surface area contributed by atoms with Gasteiger partial charge in [-0.2, -0.15) is 0 Å². The van der Waals surface area contributed by atoms with Crippen LogP contribution in [0.25, 0.3) is 21.5 Å². The summed E-state index contributed by atoms with van der Waals surface area (Å²) in [7, 11) is -5.63. The van der Waals surface area contributed by atoms with E-state index in [0.29, 0.717) is 0 Å². The van der Waals surface area contributed by atoms with Crippen LogP contribution in [0, 0.1) is 0 Å². The summed E-state index contributed by atoms with van der Waals surface area (Å²) < 4.78 is 14.3. The summed E-state index contributed by atoms with van der Waals surface area (Å²) >= 11 is 0. The van der Waals surface area contributed by atoms with Crippen LogP contribution in [-0.4, -0.2) is 16.6 Å². The molecule has 46 heavy (non-hydrogen) atoms. The molecule has 2 nitrogen and oxygen atoms in total. The van der Waals surface area contributed by atoms with Gasteiger partial charge in [-0.05, 0) is 67.2 Å². The van der Waals surface area contributed by atoms with Gasteiger partial charge in [0.05, 0.1) is 0 Å². The lowest BCUT2D eigenvalue weighted by Gasteiger charge is -2.31. The van der Waals surface area contributed by atoms with Crippen LogP contribution >= 0.6 is 0 Å². The van der Waals surface area contributed by atoms with Gasteiger partial charge in [0.15, 0.2) is 0 Å². The molecule has 0 atom stereocenters. The predicted molar refractivity (Wildman–Crippen MR) is 199 cm³/mol. The minimum Gasteiger partial charge on any atom is -0.531 e. The number of fused-ring (bicyclic) bond motifs is 2. The highest BCUT2D eigenvalue weighted by Gasteiger charge is 2.40. The third-order valence-electron chi connectivity index (χ3n) is 8.70. The molecule has 0 aliphatic rings. The van der Waals surface area contributed by atoms with Crippen LogP contribution in [0.5, 0.6) is 11.5 Å². The smallest absolute Gasteiger partial charge is 0.339 e. The first kappa shape index (κ1) is 29.3. The number of benzene rings is 7. The van der Waals surface area contributed by atoms with Gasteiger partial charge in [-0.25, -0.2) is 0 Å². The van der Waals surface area contributed by atoms with Crippen molar-refractivity contribution in [2.75, 3.05) is 0 Å². The van der Waals surface area contributed by atoms with Gasteiger partial charge in [-0.15, -0.1) is 13.2 Å². The van der Waals surface area contributed by atoms with E-state index in [4.69, 9.17) is 8.85 Å². The van der Waals surface area contributed by atoms with Crippen molar-refractivity contribution in [3.05, 3.63) is 194 Å². The molecule has 7 aromatic rings. The first-order chi connectivity index (χ1) is 22.6. The Labute approximate surface area is 272 Å². The maximum atomic E-state index is 7.21. The largest absolute Gasteiger partial charge is 0.531 e. The van der Waals surface area contributed by atoms with Crippen molar-refractivity contribution in [3.8, 4) is 11.5 Å². The predicted octanol–water partition coefficient (Wildman–Crippen LogP) is 7.72. The molecule has 0 amide bonds.